The summed E-state index contributed by atoms with van der Waals surface area (Å²) in [7, 11) is 5.95. The Hall–Kier alpha value is -1.79. The Kier molecular flexibility index (Phi) is 14.9. The molecule has 0 N–H and O–H groups in total. The molecular formula is C45H87N9O2. The quantitative estimate of drug-likeness (QED) is 0.152. The molecule has 4 heterocycles. The monoisotopic (exact) mass is 786 g/mol. The fraction of sp³-hybridized carbons (Fsp3) is 0.933. The van der Waals surface area contributed by atoms with Crippen molar-refractivity contribution in [3.63, 3.8) is 0 Å². The molecule has 0 radical (unpaired) electrons. The lowest BCUT2D eigenvalue weighted by atomic mass is 9.77. The molecule has 3 fully saturated rings. The van der Waals surface area contributed by atoms with Crippen LogP contribution >= 0.6 is 0 Å². The molecule has 0 atom stereocenters. The number of nitrogens with zero attached hydrogens (tertiary/aromatic N) is 9. The fourth-order valence-electron chi connectivity index (χ4n) is 11.4. The molecule has 11 nitrogen and oxygen atoms in total. The highest BCUT2D eigenvalue weighted by atomic mass is 16.7. The van der Waals surface area contributed by atoms with E-state index in [0.29, 0.717) is 6.04 Å². The molecule has 11 heteroatoms. The Balaban J connectivity index is 1.98. The number of hydrogen-bond donors (Lipinski definition) is 0. The molecule has 1 aromatic heterocycles. The molecule has 3 saturated heterocycles. The van der Waals surface area contributed by atoms with Crippen LogP contribution in [-0.4, -0.2) is 122 Å². The van der Waals surface area contributed by atoms with Gasteiger partial charge in [0.25, 0.3) is 0 Å². The minimum absolute atomic E-state index is 0.0366. The van der Waals surface area contributed by atoms with Gasteiger partial charge >= 0.3 is 0 Å². The van der Waals surface area contributed by atoms with Crippen LogP contribution in [0.2, 0.25) is 0 Å². The van der Waals surface area contributed by atoms with E-state index in [1.54, 1.807) is 0 Å². The van der Waals surface area contributed by atoms with Crippen molar-refractivity contribution in [2.75, 3.05) is 55.6 Å². The molecule has 3 aliphatic heterocycles. The first kappa shape index (κ1) is 46.9. The highest BCUT2D eigenvalue weighted by Gasteiger charge is 2.51. The van der Waals surface area contributed by atoms with E-state index in [4.69, 9.17) is 24.6 Å². The topological polar surface area (TPSA) is 76.6 Å². The third-order valence-electron chi connectivity index (χ3n) is 13.7. The van der Waals surface area contributed by atoms with Crippen LogP contribution in [-0.2, 0) is 9.68 Å². The predicted molar refractivity (Wildman–Crippen MR) is 236 cm³/mol. The zero-order valence-corrected chi connectivity index (χ0v) is 39.7. The number of hydrogen-bond acceptors (Lipinski definition) is 11. The molecule has 0 bridgehead atoms. The van der Waals surface area contributed by atoms with Crippen LogP contribution in [0.3, 0.4) is 0 Å². The third-order valence-corrected chi connectivity index (χ3v) is 13.7. The Morgan fingerprint density at radius 2 is 0.696 bits per heavy atom. The van der Waals surface area contributed by atoms with Crippen LogP contribution in [0.15, 0.2) is 0 Å². The van der Waals surface area contributed by atoms with Gasteiger partial charge in [0.05, 0.1) is 14.2 Å². The van der Waals surface area contributed by atoms with Gasteiger partial charge in [-0.1, -0.05) is 40.0 Å². The Bertz CT molecular complexity index is 1280. The highest BCUT2D eigenvalue weighted by Crippen LogP contribution is 2.45. The maximum Gasteiger partial charge on any atom is 0.232 e. The average molecular weight is 786 g/mol. The number of piperidine rings is 3. The number of hydroxylamine groups is 4. The maximum absolute atomic E-state index is 6.08. The second-order valence-corrected chi connectivity index (χ2v) is 21.4. The van der Waals surface area contributed by atoms with Crippen LogP contribution in [0.1, 0.15) is 181 Å². The van der Waals surface area contributed by atoms with Crippen LogP contribution < -0.4 is 14.7 Å². The lowest BCUT2D eigenvalue weighted by molar-refractivity contribution is -0.266. The summed E-state index contributed by atoms with van der Waals surface area (Å²) >= 11 is 0. The Morgan fingerprint density at radius 3 is 0.911 bits per heavy atom. The molecule has 324 valence electrons. The summed E-state index contributed by atoms with van der Waals surface area (Å²) < 4.78 is 0. The van der Waals surface area contributed by atoms with Gasteiger partial charge in [0.15, 0.2) is 0 Å². The smallest absolute Gasteiger partial charge is 0.232 e. The minimum atomic E-state index is -0.164. The molecular weight excluding hydrogens is 699 g/mol. The molecule has 3 aliphatic rings. The zero-order valence-electron chi connectivity index (χ0n) is 39.7. The molecule has 4 rings (SSSR count). The van der Waals surface area contributed by atoms with Crippen molar-refractivity contribution in [2.24, 2.45) is 0 Å². The van der Waals surface area contributed by atoms with Gasteiger partial charge in [0.1, 0.15) is 0 Å². The van der Waals surface area contributed by atoms with E-state index in [-0.39, 0.29) is 45.3 Å². The summed E-state index contributed by atoms with van der Waals surface area (Å²) in [6, 6.07) is 0.807. The van der Waals surface area contributed by atoms with E-state index in [9.17, 15) is 0 Å². The van der Waals surface area contributed by atoms with Gasteiger partial charge in [-0.05, 0) is 148 Å². The van der Waals surface area contributed by atoms with E-state index in [1.807, 2.05) is 14.2 Å². The van der Waals surface area contributed by atoms with Gasteiger partial charge in [0, 0.05) is 71.0 Å². The molecule has 1 aromatic rings. The van der Waals surface area contributed by atoms with Crippen molar-refractivity contribution >= 4 is 17.8 Å². The Morgan fingerprint density at radius 1 is 0.464 bits per heavy atom. The van der Waals surface area contributed by atoms with Gasteiger partial charge in [-0.15, -0.1) is 0 Å². The maximum atomic E-state index is 6.08. The summed E-state index contributed by atoms with van der Waals surface area (Å²) in [5.74, 6) is 2.52. The van der Waals surface area contributed by atoms with Gasteiger partial charge in [-0.25, -0.2) is 0 Å². The van der Waals surface area contributed by atoms with Crippen LogP contribution in [0, 0.1) is 0 Å². The van der Waals surface area contributed by atoms with Gasteiger partial charge in [-0.3, -0.25) is 4.90 Å². The molecule has 0 spiro atoms. The largest absolute Gasteiger partial charge is 0.338 e. The number of aromatic nitrogens is 3. The Labute approximate surface area is 344 Å². The lowest BCUT2D eigenvalue weighted by Crippen LogP contribution is -2.64. The second kappa shape index (κ2) is 17.8. The SMILES string of the molecule is CCCCN(c1nc(N(CCCC)C2CC(C)(C)N(OC)C(C)(C)C2)nc(N(CCCC)C2CC(C)(C)N(OC)C(C)(C)C2)n1)C1CC(C)(C)N(C)C(C)(C)C1. The van der Waals surface area contributed by atoms with E-state index in [0.717, 1.165) is 115 Å². The standard InChI is InChI=1S/C45H87N9O2/c1-19-22-25-50(34-28-40(4,5)49(16)41(6,7)29-34)37-46-38(51(26-23-20-2)35-30-42(8,9)53(55-17)43(10,11)31-35)48-39(47-37)52(27-24-21-3)36-32-44(12,13)54(56-18)45(14,15)33-36/h34-36H,19-33H2,1-18H3. The normalized spacial score (nSPS) is 24.3. The van der Waals surface area contributed by atoms with Crippen LogP contribution in [0.4, 0.5) is 17.8 Å². The fourth-order valence-corrected chi connectivity index (χ4v) is 11.4. The highest BCUT2D eigenvalue weighted by molar-refractivity contribution is 5.49. The van der Waals surface area contributed by atoms with Crippen molar-refractivity contribution < 1.29 is 9.68 Å². The molecule has 0 unspecified atom stereocenters. The van der Waals surface area contributed by atoms with E-state index in [1.165, 1.54) is 0 Å². The van der Waals surface area contributed by atoms with Crippen LogP contribution in [0.25, 0.3) is 0 Å². The first-order valence-corrected chi connectivity index (χ1v) is 22.4. The second-order valence-electron chi connectivity index (χ2n) is 21.4. The summed E-state index contributed by atoms with van der Waals surface area (Å²) in [6.45, 7) is 37.9. The van der Waals surface area contributed by atoms with Crippen molar-refractivity contribution in [2.45, 2.75) is 232 Å². The van der Waals surface area contributed by atoms with E-state index < -0.39 is 0 Å². The molecule has 56 heavy (non-hydrogen) atoms. The summed E-state index contributed by atoms with van der Waals surface area (Å²) in [5.41, 5.74) is -0.584. The zero-order chi connectivity index (χ0) is 42.1. The molecule has 0 amide bonds. The summed E-state index contributed by atoms with van der Waals surface area (Å²) in [6.07, 6.45) is 12.5. The summed E-state index contributed by atoms with van der Waals surface area (Å²) in [4.78, 5) is 39.4. The summed E-state index contributed by atoms with van der Waals surface area (Å²) in [5, 5.41) is 4.44. The molecule has 0 aromatic carbocycles. The van der Waals surface area contributed by atoms with Crippen molar-refractivity contribution in [3.05, 3.63) is 0 Å². The van der Waals surface area contributed by atoms with Crippen molar-refractivity contribution in [1.82, 2.24) is 30.0 Å². The average Bonchev–Trinajstić information content (AvgIpc) is 3.06. The van der Waals surface area contributed by atoms with Gasteiger partial charge in [-0.2, -0.15) is 25.1 Å². The number of anilines is 3. The first-order valence-electron chi connectivity index (χ1n) is 22.4. The number of likely N-dealkylation sites (tertiary alicyclic amines) is 1. The number of rotatable bonds is 17. The van der Waals surface area contributed by atoms with Crippen LogP contribution in [0.5, 0.6) is 0 Å². The van der Waals surface area contributed by atoms with Crippen molar-refractivity contribution in [3.8, 4) is 0 Å². The third kappa shape index (κ3) is 10.1. The number of unbranched alkanes of at least 4 members (excludes halogenated alkanes) is 3. The predicted octanol–water partition coefficient (Wildman–Crippen LogP) is 9.51. The minimum Gasteiger partial charge on any atom is -0.338 e. The molecule has 0 saturated carbocycles. The van der Waals surface area contributed by atoms with E-state index in [2.05, 4.69) is 141 Å². The van der Waals surface area contributed by atoms with Gasteiger partial charge < -0.3 is 24.4 Å². The van der Waals surface area contributed by atoms with E-state index >= 15 is 0 Å². The van der Waals surface area contributed by atoms with Gasteiger partial charge in [0.2, 0.25) is 17.8 Å². The van der Waals surface area contributed by atoms with Crippen molar-refractivity contribution in [1.29, 1.82) is 0 Å². The first-order chi connectivity index (χ1) is 25.9. The molecule has 0 aliphatic carbocycles. The lowest BCUT2D eigenvalue weighted by Gasteiger charge is -2.56.